The molecule has 0 spiro atoms. The second-order valence-corrected chi connectivity index (χ2v) is 5.06. The van der Waals surface area contributed by atoms with Crippen molar-refractivity contribution in [2.75, 3.05) is 13.7 Å². The summed E-state index contributed by atoms with van der Waals surface area (Å²) >= 11 is 0. The van der Waals surface area contributed by atoms with Crippen molar-refractivity contribution in [2.24, 2.45) is 0 Å². The highest BCUT2D eigenvalue weighted by Gasteiger charge is 2.09. The molecule has 0 aliphatic heterocycles. The fourth-order valence-electron chi connectivity index (χ4n) is 1.88. The van der Waals surface area contributed by atoms with E-state index >= 15 is 0 Å². The summed E-state index contributed by atoms with van der Waals surface area (Å²) in [6.07, 6.45) is 2.84. The van der Waals surface area contributed by atoms with E-state index in [4.69, 9.17) is 9.26 Å². The van der Waals surface area contributed by atoms with Gasteiger partial charge in [0.25, 0.3) is 5.91 Å². The molecule has 2 N–H and O–H groups in total. The van der Waals surface area contributed by atoms with E-state index in [-0.39, 0.29) is 6.61 Å². The number of amides is 3. The quantitative estimate of drug-likeness (QED) is 0.802. The Hall–Kier alpha value is -2.90. The molecule has 1 heterocycles. The molecule has 3 amide bonds. The van der Waals surface area contributed by atoms with Gasteiger partial charge in [-0.2, -0.15) is 4.98 Å². The molecule has 0 atom stereocenters. The lowest BCUT2D eigenvalue weighted by Crippen LogP contribution is -2.39. The highest BCUT2D eigenvalue weighted by atomic mass is 16.5. The van der Waals surface area contributed by atoms with Crippen LogP contribution in [0.1, 0.15) is 25.7 Å². The van der Waals surface area contributed by atoms with E-state index in [1.807, 2.05) is 0 Å². The van der Waals surface area contributed by atoms with Crippen molar-refractivity contribution in [3.63, 3.8) is 0 Å². The van der Waals surface area contributed by atoms with Gasteiger partial charge in [-0.3, -0.25) is 10.1 Å². The molecule has 0 saturated heterocycles. The summed E-state index contributed by atoms with van der Waals surface area (Å²) in [6, 6.07) is 6.38. The number of imide groups is 1. The van der Waals surface area contributed by atoms with Gasteiger partial charge in [-0.05, 0) is 30.7 Å². The van der Waals surface area contributed by atoms with E-state index in [2.05, 4.69) is 27.7 Å². The van der Waals surface area contributed by atoms with Gasteiger partial charge in [0.1, 0.15) is 5.75 Å². The van der Waals surface area contributed by atoms with Crippen LogP contribution in [0.5, 0.6) is 5.75 Å². The van der Waals surface area contributed by atoms with E-state index < -0.39 is 11.9 Å². The number of nitrogens with one attached hydrogen (secondary N) is 2. The molecule has 0 bridgehead atoms. The molecule has 1 aromatic heterocycles. The highest BCUT2D eigenvalue weighted by Crippen LogP contribution is 2.20. The maximum absolute atomic E-state index is 11.4. The minimum atomic E-state index is -0.574. The molecule has 2 aromatic rings. The second-order valence-electron chi connectivity index (χ2n) is 5.06. The summed E-state index contributed by atoms with van der Waals surface area (Å²) < 4.78 is 10.5. The van der Waals surface area contributed by atoms with Gasteiger partial charge in [-0.15, -0.1) is 0 Å². The first kappa shape index (κ1) is 17.5. The summed E-state index contributed by atoms with van der Waals surface area (Å²) in [6.45, 7) is 1.85. The second kappa shape index (κ2) is 8.66. The Morgan fingerprint density at radius 3 is 2.67 bits per heavy atom. The van der Waals surface area contributed by atoms with Crippen molar-refractivity contribution in [3.8, 4) is 17.1 Å². The van der Waals surface area contributed by atoms with Gasteiger partial charge in [-0.1, -0.05) is 18.5 Å². The monoisotopic (exact) mass is 332 g/mol. The molecule has 8 nitrogen and oxygen atoms in total. The molecular formula is C16H20N4O4. The number of unbranched alkanes of at least 4 members (excludes halogenated alkanes) is 1. The molecule has 128 valence electrons. The van der Waals surface area contributed by atoms with Gasteiger partial charge < -0.3 is 14.6 Å². The Kier molecular flexibility index (Phi) is 6.30. The van der Waals surface area contributed by atoms with Crippen LogP contribution in [-0.2, 0) is 11.2 Å². The normalized spacial score (nSPS) is 10.2. The van der Waals surface area contributed by atoms with Crippen molar-refractivity contribution in [1.82, 2.24) is 20.8 Å². The lowest BCUT2D eigenvalue weighted by Gasteiger charge is -2.06. The zero-order chi connectivity index (χ0) is 17.4. The maximum Gasteiger partial charge on any atom is 0.321 e. The Morgan fingerprint density at radius 1 is 1.25 bits per heavy atom. The first-order valence-corrected chi connectivity index (χ1v) is 7.69. The van der Waals surface area contributed by atoms with Crippen LogP contribution in [0.2, 0.25) is 0 Å². The third-order valence-corrected chi connectivity index (χ3v) is 3.17. The Morgan fingerprint density at radius 2 is 2.00 bits per heavy atom. The maximum atomic E-state index is 11.4. The summed E-state index contributed by atoms with van der Waals surface area (Å²) in [5.74, 6) is 1.11. The number of carbonyl (C=O) groups is 2. The number of nitrogens with zero attached hydrogens (tertiary/aromatic N) is 2. The molecule has 1 aromatic carbocycles. The van der Waals surface area contributed by atoms with E-state index in [0.717, 1.165) is 24.8 Å². The lowest BCUT2D eigenvalue weighted by atomic mass is 10.2. The standard InChI is InChI=1S/C16H20N4O4/c1-3-4-5-14-19-15(20-24-14)11-6-8-12(9-7-11)23-10-13(21)18-16(22)17-2/h6-9H,3-5,10H2,1-2H3,(H2,17,18,21,22). The highest BCUT2D eigenvalue weighted by molar-refractivity contribution is 5.94. The van der Waals surface area contributed by atoms with Gasteiger partial charge in [0.2, 0.25) is 11.7 Å². The number of ether oxygens (including phenoxy) is 1. The zero-order valence-electron chi connectivity index (χ0n) is 13.7. The smallest absolute Gasteiger partial charge is 0.321 e. The van der Waals surface area contributed by atoms with E-state index in [1.54, 1.807) is 24.3 Å². The topological polar surface area (TPSA) is 106 Å². The van der Waals surface area contributed by atoms with Gasteiger partial charge in [-0.25, -0.2) is 4.79 Å². The van der Waals surface area contributed by atoms with E-state index in [9.17, 15) is 9.59 Å². The number of urea groups is 1. The van der Waals surface area contributed by atoms with Crippen LogP contribution in [0.25, 0.3) is 11.4 Å². The van der Waals surface area contributed by atoms with Gasteiger partial charge in [0.05, 0.1) is 0 Å². The average molecular weight is 332 g/mol. The molecule has 0 saturated carbocycles. The van der Waals surface area contributed by atoms with Crippen LogP contribution >= 0.6 is 0 Å². The Balaban J connectivity index is 1.89. The largest absolute Gasteiger partial charge is 0.484 e. The summed E-state index contributed by atoms with van der Waals surface area (Å²) in [5, 5.41) is 8.35. The Bertz CT molecular complexity index is 682. The molecule has 8 heteroatoms. The number of carbonyl (C=O) groups excluding carboxylic acids is 2. The van der Waals surface area contributed by atoms with Gasteiger partial charge >= 0.3 is 6.03 Å². The number of rotatable bonds is 7. The number of aromatic nitrogens is 2. The average Bonchev–Trinajstić information content (AvgIpc) is 3.07. The van der Waals surface area contributed by atoms with Crippen LogP contribution in [0, 0.1) is 0 Å². The fraction of sp³-hybridized carbons (Fsp3) is 0.375. The molecule has 0 fully saturated rings. The SMILES string of the molecule is CCCCc1nc(-c2ccc(OCC(=O)NC(=O)NC)cc2)no1. The van der Waals surface area contributed by atoms with Crippen LogP contribution in [0.3, 0.4) is 0 Å². The lowest BCUT2D eigenvalue weighted by molar-refractivity contribution is -0.122. The van der Waals surface area contributed by atoms with Crippen molar-refractivity contribution in [2.45, 2.75) is 26.2 Å². The third kappa shape index (κ3) is 5.08. The number of hydrogen-bond donors (Lipinski definition) is 2. The zero-order valence-corrected chi connectivity index (χ0v) is 13.7. The number of hydrogen-bond acceptors (Lipinski definition) is 6. The van der Waals surface area contributed by atoms with Crippen LogP contribution in [-0.4, -0.2) is 35.7 Å². The van der Waals surface area contributed by atoms with Crippen molar-refractivity contribution >= 4 is 11.9 Å². The molecular weight excluding hydrogens is 312 g/mol. The minimum Gasteiger partial charge on any atom is -0.484 e. The summed E-state index contributed by atoms with van der Waals surface area (Å²) in [4.78, 5) is 26.8. The first-order valence-electron chi connectivity index (χ1n) is 7.69. The van der Waals surface area contributed by atoms with E-state index in [0.29, 0.717) is 17.5 Å². The summed E-state index contributed by atoms with van der Waals surface area (Å²) in [5.41, 5.74) is 0.795. The number of benzene rings is 1. The number of aryl methyl sites for hydroxylation is 1. The van der Waals surface area contributed by atoms with Crippen molar-refractivity contribution in [1.29, 1.82) is 0 Å². The molecule has 0 unspecified atom stereocenters. The molecule has 0 aliphatic carbocycles. The van der Waals surface area contributed by atoms with Gasteiger partial charge in [0.15, 0.2) is 6.61 Å². The predicted molar refractivity (Wildman–Crippen MR) is 86.4 cm³/mol. The van der Waals surface area contributed by atoms with Crippen molar-refractivity contribution < 1.29 is 18.8 Å². The van der Waals surface area contributed by atoms with E-state index in [1.165, 1.54) is 7.05 Å². The van der Waals surface area contributed by atoms with Crippen LogP contribution in [0.4, 0.5) is 4.79 Å². The molecule has 2 rings (SSSR count). The first-order chi connectivity index (χ1) is 11.6. The van der Waals surface area contributed by atoms with Crippen LogP contribution < -0.4 is 15.4 Å². The predicted octanol–water partition coefficient (Wildman–Crippen LogP) is 1.91. The van der Waals surface area contributed by atoms with Crippen LogP contribution in [0.15, 0.2) is 28.8 Å². The van der Waals surface area contributed by atoms with Gasteiger partial charge in [0, 0.05) is 19.0 Å². The summed E-state index contributed by atoms with van der Waals surface area (Å²) in [7, 11) is 1.42. The van der Waals surface area contributed by atoms with Crippen molar-refractivity contribution in [3.05, 3.63) is 30.2 Å². The minimum absolute atomic E-state index is 0.254. The Labute approximate surface area is 139 Å². The molecule has 24 heavy (non-hydrogen) atoms. The fourth-order valence-corrected chi connectivity index (χ4v) is 1.88. The molecule has 0 radical (unpaired) electrons. The third-order valence-electron chi connectivity index (χ3n) is 3.17. The molecule has 0 aliphatic rings.